The van der Waals surface area contributed by atoms with Crippen LogP contribution in [0, 0.1) is 0 Å². The second-order valence-electron chi connectivity index (χ2n) is 4.72. The van der Waals surface area contributed by atoms with Gasteiger partial charge in [0, 0.05) is 15.4 Å². The van der Waals surface area contributed by atoms with Crippen molar-refractivity contribution in [2.45, 2.75) is 6.61 Å². The van der Waals surface area contributed by atoms with Crippen molar-refractivity contribution in [2.24, 2.45) is 0 Å². The number of rotatable bonds is 4. The highest BCUT2D eigenvalue weighted by Gasteiger charge is 2.05. The summed E-state index contributed by atoms with van der Waals surface area (Å²) < 4.78 is 12.3. The maximum absolute atomic E-state index is 6.00. The predicted octanol–water partition coefficient (Wildman–Crippen LogP) is 5.19. The first-order valence-corrected chi connectivity index (χ1v) is 7.50. The molecule has 0 atom stereocenters. The third-order valence-corrected chi connectivity index (χ3v) is 4.16. The van der Waals surface area contributed by atoms with Crippen LogP contribution in [-0.2, 0) is 6.61 Å². The van der Waals surface area contributed by atoms with Crippen molar-refractivity contribution in [3.05, 3.63) is 70.7 Å². The van der Waals surface area contributed by atoms with E-state index in [2.05, 4.69) is 34.1 Å². The largest absolute Gasteiger partial charge is 0.497 e. The molecule has 0 saturated heterocycles. The van der Waals surface area contributed by atoms with E-state index in [-0.39, 0.29) is 0 Å². The van der Waals surface area contributed by atoms with Gasteiger partial charge in [-0.05, 0) is 29.7 Å². The quantitative estimate of drug-likeness (QED) is 0.649. The lowest BCUT2D eigenvalue weighted by Gasteiger charge is -2.11. The Balaban J connectivity index is 1.87. The minimum atomic E-state index is 0.492. The zero-order valence-corrected chi connectivity index (χ0v) is 13.3. The molecule has 0 unspecified atom stereocenters. The maximum atomic E-state index is 6.00. The molecule has 0 N–H and O–H groups in total. The molecule has 0 aliphatic heterocycles. The third-order valence-electron chi connectivity index (χ3n) is 3.39. The first-order valence-electron chi connectivity index (χ1n) is 6.71. The predicted molar refractivity (Wildman–Crippen MR) is 89.0 cm³/mol. The van der Waals surface area contributed by atoms with E-state index in [1.165, 1.54) is 5.39 Å². The molecule has 0 bridgehead atoms. The van der Waals surface area contributed by atoms with Gasteiger partial charge in [0.15, 0.2) is 0 Å². The lowest BCUT2D eigenvalue weighted by atomic mass is 10.1. The highest BCUT2D eigenvalue weighted by Crippen LogP contribution is 2.28. The zero-order chi connectivity index (χ0) is 14.7. The van der Waals surface area contributed by atoms with Gasteiger partial charge in [-0.25, -0.2) is 0 Å². The van der Waals surface area contributed by atoms with Gasteiger partial charge in [-0.1, -0.05) is 52.3 Å². The number of hydrogen-bond acceptors (Lipinski definition) is 2. The highest BCUT2D eigenvalue weighted by molar-refractivity contribution is 9.10. The van der Waals surface area contributed by atoms with Crippen molar-refractivity contribution >= 4 is 26.7 Å². The topological polar surface area (TPSA) is 18.5 Å². The van der Waals surface area contributed by atoms with Crippen molar-refractivity contribution in [1.29, 1.82) is 0 Å². The Kier molecular flexibility index (Phi) is 4.11. The standard InChI is InChI=1S/C18H15BrO2/c1-20-15-9-10-17(19)14(11-15)12-21-18-8-4-6-13-5-2-3-7-16(13)18/h2-11H,12H2,1H3. The van der Waals surface area contributed by atoms with E-state index in [9.17, 15) is 0 Å². The molecule has 0 radical (unpaired) electrons. The van der Waals surface area contributed by atoms with Gasteiger partial charge in [-0.3, -0.25) is 0 Å². The van der Waals surface area contributed by atoms with E-state index >= 15 is 0 Å². The molecule has 3 rings (SSSR count). The fourth-order valence-corrected chi connectivity index (χ4v) is 2.63. The molecule has 0 spiro atoms. The molecule has 3 aromatic carbocycles. The van der Waals surface area contributed by atoms with Crippen LogP contribution in [0.2, 0.25) is 0 Å². The molecular weight excluding hydrogens is 328 g/mol. The molecule has 0 amide bonds. The summed E-state index contributed by atoms with van der Waals surface area (Å²) in [5, 5.41) is 2.30. The Morgan fingerprint density at radius 3 is 2.62 bits per heavy atom. The van der Waals surface area contributed by atoms with Gasteiger partial charge >= 0.3 is 0 Å². The van der Waals surface area contributed by atoms with Crippen molar-refractivity contribution < 1.29 is 9.47 Å². The monoisotopic (exact) mass is 342 g/mol. The third kappa shape index (κ3) is 3.03. The number of benzene rings is 3. The van der Waals surface area contributed by atoms with Crippen LogP contribution < -0.4 is 9.47 Å². The van der Waals surface area contributed by atoms with Crippen molar-refractivity contribution in [2.75, 3.05) is 7.11 Å². The number of fused-ring (bicyclic) bond motifs is 1. The molecule has 0 heterocycles. The minimum absolute atomic E-state index is 0.492. The fourth-order valence-electron chi connectivity index (χ4n) is 2.27. The summed E-state index contributed by atoms with van der Waals surface area (Å²) in [5.41, 5.74) is 1.06. The van der Waals surface area contributed by atoms with E-state index in [1.54, 1.807) is 7.11 Å². The minimum Gasteiger partial charge on any atom is -0.497 e. The van der Waals surface area contributed by atoms with E-state index in [0.29, 0.717) is 6.61 Å². The Bertz CT molecular complexity index is 763. The van der Waals surface area contributed by atoms with Crippen LogP contribution in [0.3, 0.4) is 0 Å². The van der Waals surface area contributed by atoms with E-state index in [0.717, 1.165) is 26.9 Å². The molecule has 0 aliphatic rings. The summed E-state index contributed by atoms with van der Waals surface area (Å²) >= 11 is 3.55. The Morgan fingerprint density at radius 2 is 1.76 bits per heavy atom. The van der Waals surface area contributed by atoms with Gasteiger partial charge in [0.1, 0.15) is 18.1 Å². The molecule has 0 fully saturated rings. The van der Waals surface area contributed by atoms with E-state index in [4.69, 9.17) is 9.47 Å². The smallest absolute Gasteiger partial charge is 0.127 e. The number of halogens is 1. The highest BCUT2D eigenvalue weighted by atomic mass is 79.9. The van der Waals surface area contributed by atoms with Crippen LogP contribution in [-0.4, -0.2) is 7.11 Å². The molecule has 0 saturated carbocycles. The molecule has 0 aliphatic carbocycles. The van der Waals surface area contributed by atoms with Gasteiger partial charge in [0.2, 0.25) is 0 Å². The molecular formula is C18H15BrO2. The summed E-state index contributed by atoms with van der Waals surface area (Å²) in [6.07, 6.45) is 0. The van der Waals surface area contributed by atoms with Gasteiger partial charge in [0.05, 0.1) is 7.11 Å². The second kappa shape index (κ2) is 6.19. The first-order chi connectivity index (χ1) is 10.3. The fraction of sp³-hybridized carbons (Fsp3) is 0.111. The van der Waals surface area contributed by atoms with Crippen LogP contribution in [0.5, 0.6) is 11.5 Å². The summed E-state index contributed by atoms with van der Waals surface area (Å²) in [6, 6.07) is 20.2. The average molecular weight is 343 g/mol. The average Bonchev–Trinajstić information content (AvgIpc) is 2.54. The van der Waals surface area contributed by atoms with Crippen LogP contribution in [0.15, 0.2) is 65.1 Å². The number of ether oxygens (including phenoxy) is 2. The first kappa shape index (κ1) is 14.0. The van der Waals surface area contributed by atoms with Gasteiger partial charge in [-0.2, -0.15) is 0 Å². The molecule has 106 valence electrons. The summed E-state index contributed by atoms with van der Waals surface area (Å²) in [7, 11) is 1.67. The molecule has 3 aromatic rings. The van der Waals surface area contributed by atoms with E-state index in [1.807, 2.05) is 42.5 Å². The van der Waals surface area contributed by atoms with Crippen LogP contribution in [0.25, 0.3) is 10.8 Å². The number of hydrogen-bond donors (Lipinski definition) is 0. The maximum Gasteiger partial charge on any atom is 0.127 e. The summed E-state index contributed by atoms with van der Waals surface area (Å²) in [5.74, 6) is 1.72. The SMILES string of the molecule is COc1ccc(Br)c(COc2cccc3ccccc23)c1. The lowest BCUT2D eigenvalue weighted by Crippen LogP contribution is -1.98. The Hall–Kier alpha value is -2.00. The van der Waals surface area contributed by atoms with E-state index < -0.39 is 0 Å². The molecule has 2 nitrogen and oxygen atoms in total. The molecule has 21 heavy (non-hydrogen) atoms. The Morgan fingerprint density at radius 1 is 0.952 bits per heavy atom. The van der Waals surface area contributed by atoms with Gasteiger partial charge in [0.25, 0.3) is 0 Å². The summed E-state index contributed by atoms with van der Waals surface area (Å²) in [6.45, 7) is 0.492. The van der Waals surface area contributed by atoms with Gasteiger partial charge < -0.3 is 9.47 Å². The zero-order valence-electron chi connectivity index (χ0n) is 11.7. The van der Waals surface area contributed by atoms with Gasteiger partial charge in [-0.15, -0.1) is 0 Å². The normalized spacial score (nSPS) is 10.6. The van der Waals surface area contributed by atoms with Crippen molar-refractivity contribution in [1.82, 2.24) is 0 Å². The van der Waals surface area contributed by atoms with Crippen molar-refractivity contribution in [3.63, 3.8) is 0 Å². The lowest BCUT2D eigenvalue weighted by molar-refractivity contribution is 0.308. The van der Waals surface area contributed by atoms with Crippen LogP contribution in [0.1, 0.15) is 5.56 Å². The molecule has 0 aromatic heterocycles. The summed E-state index contributed by atoms with van der Waals surface area (Å²) in [4.78, 5) is 0. The second-order valence-corrected chi connectivity index (χ2v) is 5.58. The van der Waals surface area contributed by atoms with Crippen LogP contribution in [0.4, 0.5) is 0 Å². The molecule has 3 heteroatoms. The van der Waals surface area contributed by atoms with Crippen LogP contribution >= 0.6 is 15.9 Å². The van der Waals surface area contributed by atoms with Crippen molar-refractivity contribution in [3.8, 4) is 11.5 Å². The number of methoxy groups -OCH3 is 1. The Labute approximate surface area is 132 Å².